The molecule has 3 nitrogen and oxygen atoms in total. The number of hydrogen-bond acceptors (Lipinski definition) is 2. The van der Waals surface area contributed by atoms with Gasteiger partial charge in [-0.1, -0.05) is 12.5 Å². The number of rotatable bonds is 5. The quantitative estimate of drug-likeness (QED) is 0.711. The Hall–Kier alpha value is -0.540. The molecule has 1 aliphatic carbocycles. The summed E-state index contributed by atoms with van der Waals surface area (Å²) in [5, 5.41) is 0. The van der Waals surface area contributed by atoms with Crippen LogP contribution in [0.5, 0.6) is 0 Å². The third kappa shape index (κ3) is 3.71. The molecule has 0 aromatic carbocycles. The highest BCUT2D eigenvalue weighted by Crippen LogP contribution is 2.32. The average Bonchev–Trinajstić information content (AvgIpc) is 2.32. The van der Waals surface area contributed by atoms with Crippen LogP contribution in [0.3, 0.4) is 0 Å². The molecular weight excluding hydrogens is 238 g/mol. The highest BCUT2D eigenvalue weighted by atomic mass is 35.5. The molecule has 0 saturated carbocycles. The van der Waals surface area contributed by atoms with Gasteiger partial charge in [-0.15, -0.1) is 11.6 Å². The fourth-order valence-electron chi connectivity index (χ4n) is 2.49. The predicted molar refractivity (Wildman–Crippen MR) is 70.0 cm³/mol. The van der Waals surface area contributed by atoms with E-state index >= 15 is 0 Å². The van der Waals surface area contributed by atoms with Gasteiger partial charge in [-0.25, -0.2) is 0 Å². The Morgan fingerprint density at radius 2 is 2.29 bits per heavy atom. The summed E-state index contributed by atoms with van der Waals surface area (Å²) in [6, 6.07) is 0. The zero-order chi connectivity index (χ0) is 12.8. The van der Waals surface area contributed by atoms with Gasteiger partial charge in [0.15, 0.2) is 0 Å². The van der Waals surface area contributed by atoms with E-state index < -0.39 is 0 Å². The van der Waals surface area contributed by atoms with Gasteiger partial charge in [0.2, 0.25) is 5.91 Å². The fourth-order valence-corrected chi connectivity index (χ4v) is 2.63. The van der Waals surface area contributed by atoms with Crippen molar-refractivity contribution in [1.29, 1.82) is 0 Å². The maximum absolute atomic E-state index is 11.9. The Labute approximate surface area is 109 Å². The van der Waals surface area contributed by atoms with Gasteiger partial charge in [-0.3, -0.25) is 4.79 Å². The topological polar surface area (TPSA) is 29.5 Å². The second-order valence-electron chi connectivity index (χ2n) is 4.63. The van der Waals surface area contributed by atoms with Crippen molar-refractivity contribution in [3.63, 3.8) is 0 Å². The van der Waals surface area contributed by atoms with E-state index in [-0.39, 0.29) is 11.8 Å². The lowest BCUT2D eigenvalue weighted by atomic mass is 9.88. The third-order valence-corrected chi connectivity index (χ3v) is 3.55. The van der Waals surface area contributed by atoms with Gasteiger partial charge in [0.25, 0.3) is 0 Å². The van der Waals surface area contributed by atoms with E-state index in [2.05, 4.69) is 13.8 Å². The van der Waals surface area contributed by atoms with Crippen LogP contribution in [0.15, 0.2) is 11.3 Å². The van der Waals surface area contributed by atoms with Crippen LogP contribution in [0, 0.1) is 5.92 Å². The summed E-state index contributed by atoms with van der Waals surface area (Å²) in [5.74, 6) is 0.451. The molecule has 0 bridgehead atoms. The zero-order valence-corrected chi connectivity index (χ0v) is 11.7. The maximum atomic E-state index is 11.9. The van der Waals surface area contributed by atoms with Gasteiger partial charge in [0.05, 0.1) is 6.61 Å². The molecule has 0 N–H and O–H groups in total. The summed E-state index contributed by atoms with van der Waals surface area (Å²) in [6.07, 6.45) is 3.44. The minimum absolute atomic E-state index is 0.0215. The summed E-state index contributed by atoms with van der Waals surface area (Å²) in [7, 11) is 1.65. The lowest BCUT2D eigenvalue weighted by Gasteiger charge is -2.33. The first-order chi connectivity index (χ1) is 8.11. The molecule has 1 unspecified atom stereocenters. The van der Waals surface area contributed by atoms with Crippen molar-refractivity contribution in [3.8, 4) is 0 Å². The molecule has 1 amide bonds. The van der Waals surface area contributed by atoms with E-state index in [0.29, 0.717) is 19.1 Å². The third-order valence-electron chi connectivity index (χ3n) is 3.32. The Morgan fingerprint density at radius 3 is 2.82 bits per heavy atom. The van der Waals surface area contributed by atoms with Gasteiger partial charge in [0, 0.05) is 19.4 Å². The smallest absolute Gasteiger partial charge is 0.241 e. The number of nitrogens with zero attached hydrogens (tertiary/aromatic N) is 1. The Kier molecular flexibility index (Phi) is 6.00. The molecule has 98 valence electrons. The molecule has 1 aliphatic rings. The monoisotopic (exact) mass is 259 g/mol. The number of carbonyl (C=O) groups excluding carboxylic acids is 1. The highest BCUT2D eigenvalue weighted by molar-refractivity contribution is 6.27. The largest absolute Gasteiger partial charge is 0.383 e. The maximum Gasteiger partial charge on any atom is 0.241 e. The lowest BCUT2D eigenvalue weighted by molar-refractivity contribution is -0.127. The van der Waals surface area contributed by atoms with Crippen LogP contribution in [0.2, 0.25) is 0 Å². The molecule has 0 fully saturated rings. The number of halogens is 1. The molecule has 0 radical (unpaired) electrons. The van der Waals surface area contributed by atoms with E-state index in [0.717, 1.165) is 12.8 Å². The summed E-state index contributed by atoms with van der Waals surface area (Å²) >= 11 is 5.69. The Bertz CT molecular complexity index is 302. The van der Waals surface area contributed by atoms with Crippen molar-refractivity contribution in [2.45, 2.75) is 33.1 Å². The molecule has 0 aromatic heterocycles. The number of methoxy groups -OCH3 is 1. The number of allylic oxidation sites excluding steroid dienone is 2. The summed E-state index contributed by atoms with van der Waals surface area (Å²) < 4.78 is 5.07. The number of carbonyl (C=O) groups is 1. The first kappa shape index (κ1) is 14.5. The van der Waals surface area contributed by atoms with Crippen LogP contribution in [0.25, 0.3) is 0 Å². The molecule has 0 spiro atoms. The fraction of sp³-hybridized carbons (Fsp3) is 0.769. The normalized spacial score (nSPS) is 20.6. The number of ether oxygens (including phenoxy) is 1. The first-order valence-corrected chi connectivity index (χ1v) is 6.70. The van der Waals surface area contributed by atoms with E-state index in [9.17, 15) is 4.79 Å². The standard InChI is InChI=1S/C13H22ClNO2/c1-10-5-4-6-11(2)13(10)15(7-8-17-3)12(16)9-14/h10H,4-9H2,1-3H3. The van der Waals surface area contributed by atoms with E-state index in [4.69, 9.17) is 16.3 Å². The van der Waals surface area contributed by atoms with Crippen LogP contribution in [0.1, 0.15) is 33.1 Å². The first-order valence-electron chi connectivity index (χ1n) is 6.16. The molecule has 0 aromatic rings. The lowest BCUT2D eigenvalue weighted by Crippen LogP contribution is -2.38. The predicted octanol–water partition coefficient (Wildman–Crippen LogP) is 2.79. The van der Waals surface area contributed by atoms with Crippen LogP contribution in [-0.4, -0.2) is 36.9 Å². The van der Waals surface area contributed by atoms with E-state index in [1.54, 1.807) is 7.11 Å². The molecule has 17 heavy (non-hydrogen) atoms. The van der Waals surface area contributed by atoms with Crippen molar-refractivity contribution < 1.29 is 9.53 Å². The van der Waals surface area contributed by atoms with Crippen molar-refractivity contribution >= 4 is 17.5 Å². The number of amides is 1. The molecule has 0 heterocycles. The van der Waals surface area contributed by atoms with E-state index in [1.807, 2.05) is 4.90 Å². The Morgan fingerprint density at radius 1 is 1.59 bits per heavy atom. The van der Waals surface area contributed by atoms with Gasteiger partial charge in [-0.2, -0.15) is 0 Å². The zero-order valence-electron chi connectivity index (χ0n) is 11.0. The van der Waals surface area contributed by atoms with E-state index in [1.165, 1.54) is 17.7 Å². The van der Waals surface area contributed by atoms with Crippen molar-refractivity contribution in [3.05, 3.63) is 11.3 Å². The van der Waals surface area contributed by atoms with Crippen LogP contribution < -0.4 is 0 Å². The number of alkyl halides is 1. The van der Waals surface area contributed by atoms with Crippen LogP contribution >= 0.6 is 11.6 Å². The van der Waals surface area contributed by atoms with Gasteiger partial charge >= 0.3 is 0 Å². The molecule has 0 aliphatic heterocycles. The highest BCUT2D eigenvalue weighted by Gasteiger charge is 2.25. The second kappa shape index (κ2) is 7.02. The second-order valence-corrected chi connectivity index (χ2v) is 4.90. The molecule has 4 heteroatoms. The Balaban J connectivity index is 2.90. The van der Waals surface area contributed by atoms with Crippen molar-refractivity contribution in [2.24, 2.45) is 5.92 Å². The minimum Gasteiger partial charge on any atom is -0.383 e. The minimum atomic E-state index is -0.0215. The molecule has 1 rings (SSSR count). The molecule has 0 saturated heterocycles. The summed E-state index contributed by atoms with van der Waals surface area (Å²) in [5.41, 5.74) is 2.48. The van der Waals surface area contributed by atoms with Gasteiger partial charge in [-0.05, 0) is 32.1 Å². The van der Waals surface area contributed by atoms with Crippen molar-refractivity contribution in [1.82, 2.24) is 4.90 Å². The average molecular weight is 260 g/mol. The molecular formula is C13H22ClNO2. The number of hydrogen-bond donors (Lipinski definition) is 0. The summed E-state index contributed by atoms with van der Waals surface area (Å²) in [4.78, 5) is 13.7. The van der Waals surface area contributed by atoms with Crippen LogP contribution in [-0.2, 0) is 9.53 Å². The van der Waals surface area contributed by atoms with Crippen LogP contribution in [0.4, 0.5) is 0 Å². The van der Waals surface area contributed by atoms with Gasteiger partial charge < -0.3 is 9.64 Å². The van der Waals surface area contributed by atoms with Gasteiger partial charge in [0.1, 0.15) is 5.88 Å². The molecule has 1 atom stereocenters. The van der Waals surface area contributed by atoms with Crippen molar-refractivity contribution in [2.75, 3.05) is 26.1 Å². The SMILES string of the molecule is COCCN(C(=O)CCl)C1=C(C)CCCC1C. The summed E-state index contributed by atoms with van der Waals surface area (Å²) in [6.45, 7) is 5.44.